The Morgan fingerprint density at radius 3 is 3.04 bits per heavy atom. The van der Waals surface area contributed by atoms with Gasteiger partial charge >= 0.3 is 0 Å². The van der Waals surface area contributed by atoms with Crippen LogP contribution in [-0.2, 0) is 11.3 Å². The molecule has 5 rings (SSSR count). The molecule has 0 radical (unpaired) electrons. The highest BCUT2D eigenvalue weighted by Crippen LogP contribution is 2.23. The van der Waals surface area contributed by atoms with Gasteiger partial charge in [0.25, 0.3) is 5.89 Å². The first-order valence-electron chi connectivity index (χ1n) is 9.02. The van der Waals surface area contributed by atoms with Gasteiger partial charge in [-0.05, 0) is 23.8 Å². The van der Waals surface area contributed by atoms with Crippen LogP contribution in [0.3, 0.4) is 0 Å². The molecule has 7 heteroatoms. The van der Waals surface area contributed by atoms with Gasteiger partial charge in [0.1, 0.15) is 6.10 Å². The smallest absolute Gasteiger partial charge is 0.257 e. The molecule has 1 aliphatic heterocycles. The van der Waals surface area contributed by atoms with Gasteiger partial charge in [-0.15, -0.1) is 0 Å². The molecule has 1 aliphatic rings. The molecule has 0 bridgehead atoms. The molecule has 1 fully saturated rings. The van der Waals surface area contributed by atoms with E-state index in [4.69, 9.17) is 9.26 Å². The number of imidazole rings is 1. The molecule has 0 amide bonds. The van der Waals surface area contributed by atoms with Crippen LogP contribution in [0.5, 0.6) is 0 Å². The van der Waals surface area contributed by atoms with E-state index < -0.39 is 0 Å². The quantitative estimate of drug-likeness (QED) is 0.602. The highest BCUT2D eigenvalue weighted by Gasteiger charge is 2.22. The third-order valence-electron chi connectivity index (χ3n) is 4.71. The minimum Gasteiger partial charge on any atom is -0.366 e. The standard InChI is InChI=1S/C20H19N5O2/c1-2-7-17-16(6-1)22-13-25(17)12-14-4-3-5-15(10-14)19-23-20(27-24-19)18-11-21-8-9-26-18/h1-7,10,13,18,21H,8-9,11-12H2/t18-/m0/s1. The summed E-state index contributed by atoms with van der Waals surface area (Å²) in [5.74, 6) is 1.10. The highest BCUT2D eigenvalue weighted by atomic mass is 16.5. The molecule has 1 atom stereocenters. The van der Waals surface area contributed by atoms with Gasteiger partial charge < -0.3 is 19.1 Å². The number of nitrogens with one attached hydrogen (secondary N) is 1. The molecule has 1 saturated heterocycles. The molecule has 3 heterocycles. The lowest BCUT2D eigenvalue weighted by molar-refractivity contribution is 0.00755. The summed E-state index contributed by atoms with van der Waals surface area (Å²) >= 11 is 0. The van der Waals surface area contributed by atoms with E-state index in [9.17, 15) is 0 Å². The van der Waals surface area contributed by atoms with Gasteiger partial charge in [0.2, 0.25) is 5.82 Å². The van der Waals surface area contributed by atoms with Crippen molar-refractivity contribution in [3.05, 3.63) is 66.3 Å². The van der Waals surface area contributed by atoms with Gasteiger partial charge in [-0.2, -0.15) is 4.98 Å². The summed E-state index contributed by atoms with van der Waals surface area (Å²) in [6.07, 6.45) is 1.69. The lowest BCUT2D eigenvalue weighted by atomic mass is 10.1. The zero-order valence-electron chi connectivity index (χ0n) is 14.7. The maximum atomic E-state index is 5.68. The first-order valence-corrected chi connectivity index (χ1v) is 9.02. The van der Waals surface area contributed by atoms with E-state index in [1.807, 2.05) is 36.7 Å². The topological polar surface area (TPSA) is 78.0 Å². The molecule has 0 unspecified atom stereocenters. The van der Waals surface area contributed by atoms with E-state index in [1.54, 1.807) is 0 Å². The van der Waals surface area contributed by atoms with Gasteiger partial charge in [0.05, 0.1) is 24.0 Å². The fourth-order valence-corrected chi connectivity index (χ4v) is 3.35. The summed E-state index contributed by atoms with van der Waals surface area (Å²) in [4.78, 5) is 8.98. The molecular formula is C20H19N5O2. The van der Waals surface area contributed by atoms with Crippen LogP contribution >= 0.6 is 0 Å². The Hall–Kier alpha value is -3.03. The summed E-state index contributed by atoms with van der Waals surface area (Å²) in [5, 5.41) is 7.41. The van der Waals surface area contributed by atoms with Crippen LogP contribution in [0.2, 0.25) is 0 Å². The van der Waals surface area contributed by atoms with Crippen molar-refractivity contribution in [3.8, 4) is 11.4 Å². The largest absolute Gasteiger partial charge is 0.366 e. The van der Waals surface area contributed by atoms with E-state index in [0.717, 1.165) is 35.2 Å². The monoisotopic (exact) mass is 361 g/mol. The number of fused-ring (bicyclic) bond motifs is 1. The summed E-state index contributed by atoms with van der Waals surface area (Å²) in [6.45, 7) is 2.92. The molecule has 27 heavy (non-hydrogen) atoms. The predicted octanol–water partition coefficient (Wildman–Crippen LogP) is 2.80. The number of aromatic nitrogens is 4. The first kappa shape index (κ1) is 16.2. The Morgan fingerprint density at radius 2 is 2.11 bits per heavy atom. The number of morpholine rings is 1. The zero-order valence-corrected chi connectivity index (χ0v) is 14.7. The second-order valence-corrected chi connectivity index (χ2v) is 6.58. The number of hydrogen-bond acceptors (Lipinski definition) is 6. The van der Waals surface area contributed by atoms with Crippen molar-refractivity contribution in [2.75, 3.05) is 19.7 Å². The fraction of sp³-hybridized carbons (Fsp3) is 0.250. The SMILES string of the molecule is c1cc(Cn2cnc3ccccc32)cc(-c2noc([C@@H]3CNCCO3)n2)c1. The number of nitrogens with zero attached hydrogens (tertiary/aromatic N) is 4. The number of rotatable bonds is 4. The van der Waals surface area contributed by atoms with Gasteiger partial charge in [0.15, 0.2) is 0 Å². The van der Waals surface area contributed by atoms with Crippen molar-refractivity contribution in [2.24, 2.45) is 0 Å². The van der Waals surface area contributed by atoms with Crippen LogP contribution in [0.1, 0.15) is 17.6 Å². The second kappa shape index (κ2) is 6.94. The highest BCUT2D eigenvalue weighted by molar-refractivity contribution is 5.75. The number of benzene rings is 2. The fourth-order valence-electron chi connectivity index (χ4n) is 3.35. The van der Waals surface area contributed by atoms with Crippen LogP contribution in [-0.4, -0.2) is 39.4 Å². The van der Waals surface area contributed by atoms with E-state index in [2.05, 4.69) is 43.2 Å². The van der Waals surface area contributed by atoms with Crippen LogP contribution < -0.4 is 5.32 Å². The van der Waals surface area contributed by atoms with Crippen molar-refractivity contribution < 1.29 is 9.26 Å². The van der Waals surface area contributed by atoms with Crippen molar-refractivity contribution in [3.63, 3.8) is 0 Å². The van der Waals surface area contributed by atoms with Crippen molar-refractivity contribution in [1.29, 1.82) is 0 Å². The number of hydrogen-bond donors (Lipinski definition) is 1. The third-order valence-corrected chi connectivity index (χ3v) is 4.71. The lowest BCUT2D eigenvalue weighted by Gasteiger charge is -2.19. The van der Waals surface area contributed by atoms with E-state index in [1.165, 1.54) is 0 Å². The average molecular weight is 361 g/mol. The average Bonchev–Trinajstić information content (AvgIpc) is 3.37. The molecule has 136 valence electrons. The Balaban J connectivity index is 1.40. The Labute approximate surface area is 156 Å². The van der Waals surface area contributed by atoms with Crippen molar-refractivity contribution >= 4 is 11.0 Å². The summed E-state index contributed by atoms with van der Waals surface area (Å²) in [6, 6.07) is 16.3. The third kappa shape index (κ3) is 3.22. The van der Waals surface area contributed by atoms with Gasteiger partial charge in [-0.25, -0.2) is 4.98 Å². The van der Waals surface area contributed by atoms with E-state index >= 15 is 0 Å². The molecule has 2 aromatic carbocycles. The molecule has 2 aromatic heterocycles. The van der Waals surface area contributed by atoms with Crippen LogP contribution in [0.25, 0.3) is 22.4 Å². The summed E-state index contributed by atoms with van der Waals surface area (Å²) in [5.41, 5.74) is 4.19. The Morgan fingerprint density at radius 1 is 1.15 bits per heavy atom. The summed E-state index contributed by atoms with van der Waals surface area (Å²) < 4.78 is 13.2. The van der Waals surface area contributed by atoms with Gasteiger partial charge in [0, 0.05) is 25.2 Å². The molecule has 0 aliphatic carbocycles. The predicted molar refractivity (Wildman–Crippen MR) is 100 cm³/mol. The van der Waals surface area contributed by atoms with Gasteiger partial charge in [-0.3, -0.25) is 0 Å². The van der Waals surface area contributed by atoms with E-state index in [0.29, 0.717) is 24.9 Å². The molecule has 0 saturated carbocycles. The Bertz CT molecular complexity index is 1060. The van der Waals surface area contributed by atoms with E-state index in [-0.39, 0.29) is 6.10 Å². The molecule has 1 N–H and O–H groups in total. The van der Waals surface area contributed by atoms with Crippen molar-refractivity contribution in [2.45, 2.75) is 12.6 Å². The minimum absolute atomic E-state index is 0.180. The maximum Gasteiger partial charge on any atom is 0.257 e. The summed E-state index contributed by atoms with van der Waals surface area (Å²) in [7, 11) is 0. The van der Waals surface area contributed by atoms with Gasteiger partial charge in [-0.1, -0.05) is 35.5 Å². The molecule has 4 aromatic rings. The molecule has 0 spiro atoms. The first-order chi connectivity index (χ1) is 13.4. The number of para-hydroxylation sites is 2. The van der Waals surface area contributed by atoms with Crippen molar-refractivity contribution in [1.82, 2.24) is 25.0 Å². The molecular weight excluding hydrogens is 342 g/mol. The number of ether oxygens (including phenoxy) is 1. The Kier molecular flexibility index (Phi) is 4.16. The van der Waals surface area contributed by atoms with Crippen LogP contribution in [0.4, 0.5) is 0 Å². The molecule has 7 nitrogen and oxygen atoms in total. The lowest BCUT2D eigenvalue weighted by Crippen LogP contribution is -2.33. The zero-order chi connectivity index (χ0) is 18.1. The minimum atomic E-state index is -0.180. The second-order valence-electron chi connectivity index (χ2n) is 6.58. The van der Waals surface area contributed by atoms with Crippen LogP contribution in [0.15, 0.2) is 59.4 Å². The normalized spacial score (nSPS) is 17.4. The van der Waals surface area contributed by atoms with Crippen LogP contribution in [0, 0.1) is 0 Å². The maximum absolute atomic E-state index is 5.68.